The van der Waals surface area contributed by atoms with E-state index in [0.29, 0.717) is 0 Å². The maximum Gasteiger partial charge on any atom is -0.0414 e. The molecule has 0 heteroatoms. The van der Waals surface area contributed by atoms with Crippen molar-refractivity contribution in [3.05, 3.63) is 6.92 Å². The maximum atomic E-state index is 4.04. The Bertz CT molecular complexity index is 263. The van der Waals surface area contributed by atoms with E-state index < -0.39 is 0 Å². The minimum absolute atomic E-state index is 0.966. The van der Waals surface area contributed by atoms with Gasteiger partial charge in [0, 0.05) is 0 Å². The number of hydrogen-bond acceptors (Lipinski definition) is 0. The molecule has 0 aliphatic heterocycles. The second-order valence-corrected chi connectivity index (χ2v) is 9.80. The van der Waals surface area contributed by atoms with Gasteiger partial charge >= 0.3 is 0 Å². The molecule has 175 valence electrons. The van der Waals surface area contributed by atoms with Gasteiger partial charge in [0.2, 0.25) is 0 Å². The first-order valence-corrected chi connectivity index (χ1v) is 14.1. The molecule has 0 aliphatic rings. The molecule has 0 rings (SSSR count). The van der Waals surface area contributed by atoms with Crippen LogP contribution >= 0.6 is 0 Å². The maximum absolute atomic E-state index is 4.04. The van der Waals surface area contributed by atoms with Crippen molar-refractivity contribution >= 4 is 0 Å². The molecule has 0 heterocycles. The molecular formula is C29H59. The van der Waals surface area contributed by atoms with Gasteiger partial charge in [-0.25, -0.2) is 0 Å². The number of unbranched alkanes of at least 4 members (excludes halogenated alkanes) is 19. The van der Waals surface area contributed by atoms with Gasteiger partial charge in [0.25, 0.3) is 0 Å². The second-order valence-electron chi connectivity index (χ2n) is 9.80. The molecule has 0 spiro atoms. The molecule has 1 atom stereocenters. The first-order valence-electron chi connectivity index (χ1n) is 14.1. The van der Waals surface area contributed by atoms with E-state index in [1.165, 1.54) is 154 Å². The van der Waals surface area contributed by atoms with Crippen molar-refractivity contribution in [1.82, 2.24) is 0 Å². The monoisotopic (exact) mass is 407 g/mol. The van der Waals surface area contributed by atoms with Gasteiger partial charge in [0.15, 0.2) is 0 Å². The standard InChI is InChI=1S/C29H59/c1-4-7-8-9-10-11-12-13-14-15-16-17-18-19-20-21-22-23-24-25-28-29(26-5-2)27-6-3/h29H,2,4-28H2,1,3H3. The largest absolute Gasteiger partial charge is 0.0654 e. The van der Waals surface area contributed by atoms with Crippen LogP contribution in [0.5, 0.6) is 0 Å². The fraction of sp³-hybridized carbons (Fsp3) is 0.966. The van der Waals surface area contributed by atoms with Crippen LogP contribution in [0.25, 0.3) is 0 Å². The van der Waals surface area contributed by atoms with Gasteiger partial charge in [-0.15, -0.1) is 0 Å². The SMILES string of the molecule is [CH2]CCC(CCC)CCCCCCCCCCCCCCCCCCCCCC. The molecule has 0 saturated carbocycles. The smallest absolute Gasteiger partial charge is 0.0414 e. The van der Waals surface area contributed by atoms with Gasteiger partial charge in [0.05, 0.1) is 0 Å². The van der Waals surface area contributed by atoms with Gasteiger partial charge in [0.1, 0.15) is 0 Å². The van der Waals surface area contributed by atoms with Crippen molar-refractivity contribution in [2.24, 2.45) is 5.92 Å². The van der Waals surface area contributed by atoms with Crippen LogP contribution in [-0.4, -0.2) is 0 Å². The van der Waals surface area contributed by atoms with E-state index in [9.17, 15) is 0 Å². The Labute approximate surface area is 187 Å². The Morgan fingerprint density at radius 3 is 1.03 bits per heavy atom. The summed E-state index contributed by atoms with van der Waals surface area (Å²) < 4.78 is 0. The van der Waals surface area contributed by atoms with Crippen molar-refractivity contribution < 1.29 is 0 Å². The van der Waals surface area contributed by atoms with Gasteiger partial charge in [-0.05, 0) is 5.92 Å². The van der Waals surface area contributed by atoms with E-state index in [2.05, 4.69) is 20.8 Å². The highest BCUT2D eigenvalue weighted by atomic mass is 14.1. The Morgan fingerprint density at radius 2 is 0.724 bits per heavy atom. The Morgan fingerprint density at radius 1 is 0.379 bits per heavy atom. The van der Waals surface area contributed by atoms with E-state index >= 15 is 0 Å². The van der Waals surface area contributed by atoms with E-state index in [1.807, 2.05) is 0 Å². The van der Waals surface area contributed by atoms with Crippen LogP contribution in [0.4, 0.5) is 0 Å². The summed E-state index contributed by atoms with van der Waals surface area (Å²) in [6.45, 7) is 8.67. The van der Waals surface area contributed by atoms with Crippen LogP contribution in [-0.2, 0) is 0 Å². The minimum Gasteiger partial charge on any atom is -0.0654 e. The lowest BCUT2D eigenvalue weighted by atomic mass is 9.92. The number of rotatable bonds is 25. The lowest BCUT2D eigenvalue weighted by Crippen LogP contribution is -1.99. The van der Waals surface area contributed by atoms with Crippen molar-refractivity contribution in [3.63, 3.8) is 0 Å². The molecule has 0 fully saturated rings. The summed E-state index contributed by atoms with van der Waals surface area (Å²) in [6.07, 6.45) is 36.2. The van der Waals surface area contributed by atoms with Crippen LogP contribution in [0.2, 0.25) is 0 Å². The van der Waals surface area contributed by atoms with Crippen molar-refractivity contribution in [2.45, 2.75) is 174 Å². The summed E-state index contributed by atoms with van der Waals surface area (Å²) in [5, 5.41) is 0. The van der Waals surface area contributed by atoms with Gasteiger partial charge in [-0.1, -0.05) is 181 Å². The zero-order chi connectivity index (χ0) is 21.3. The lowest BCUT2D eigenvalue weighted by molar-refractivity contribution is 0.396. The molecule has 0 nitrogen and oxygen atoms in total. The van der Waals surface area contributed by atoms with E-state index in [1.54, 1.807) is 0 Å². The van der Waals surface area contributed by atoms with E-state index in [0.717, 1.165) is 12.3 Å². The number of hydrogen-bond donors (Lipinski definition) is 0. The molecule has 0 bridgehead atoms. The lowest BCUT2D eigenvalue weighted by Gasteiger charge is -2.14. The Balaban J connectivity index is 3.11. The second kappa shape index (κ2) is 26.0. The van der Waals surface area contributed by atoms with E-state index in [-0.39, 0.29) is 0 Å². The summed E-state index contributed by atoms with van der Waals surface area (Å²) in [5.74, 6) is 0.966. The molecule has 1 unspecified atom stereocenters. The van der Waals surface area contributed by atoms with Crippen LogP contribution in [0, 0.1) is 12.8 Å². The highest BCUT2D eigenvalue weighted by Gasteiger charge is 2.05. The average Bonchev–Trinajstić information content (AvgIpc) is 2.72. The van der Waals surface area contributed by atoms with Crippen LogP contribution in [0.15, 0.2) is 0 Å². The predicted octanol–water partition coefficient (Wildman–Crippen LogP) is 11.2. The van der Waals surface area contributed by atoms with Gasteiger partial charge in [-0.3, -0.25) is 0 Å². The molecule has 1 radical (unpaired) electrons. The third kappa shape index (κ3) is 24.1. The van der Waals surface area contributed by atoms with E-state index in [4.69, 9.17) is 0 Å². The van der Waals surface area contributed by atoms with Crippen molar-refractivity contribution in [3.8, 4) is 0 Å². The first-order chi connectivity index (χ1) is 14.3. The molecule has 0 N–H and O–H groups in total. The molecule has 0 aliphatic carbocycles. The highest BCUT2D eigenvalue weighted by Crippen LogP contribution is 2.21. The third-order valence-electron chi connectivity index (χ3n) is 6.78. The molecule has 29 heavy (non-hydrogen) atoms. The third-order valence-corrected chi connectivity index (χ3v) is 6.78. The Hall–Kier alpha value is 0. The summed E-state index contributed by atoms with van der Waals surface area (Å²) in [4.78, 5) is 0. The molecule has 0 aromatic rings. The predicted molar refractivity (Wildman–Crippen MR) is 136 cm³/mol. The normalized spacial score (nSPS) is 11.6. The highest BCUT2D eigenvalue weighted by molar-refractivity contribution is 4.60. The zero-order valence-corrected chi connectivity index (χ0v) is 21.0. The van der Waals surface area contributed by atoms with Crippen molar-refractivity contribution in [2.75, 3.05) is 0 Å². The molecular weight excluding hydrogens is 348 g/mol. The van der Waals surface area contributed by atoms with Crippen molar-refractivity contribution in [1.29, 1.82) is 0 Å². The Kier molecular flexibility index (Phi) is 26.0. The molecule has 0 aromatic carbocycles. The first kappa shape index (κ1) is 29.0. The summed E-state index contributed by atoms with van der Waals surface area (Å²) in [5.41, 5.74) is 0. The van der Waals surface area contributed by atoms with Crippen LogP contribution in [0.3, 0.4) is 0 Å². The minimum atomic E-state index is 0.966. The average molecular weight is 408 g/mol. The summed E-state index contributed by atoms with van der Waals surface area (Å²) in [7, 11) is 0. The molecule has 0 amide bonds. The fourth-order valence-corrected chi connectivity index (χ4v) is 4.82. The fourth-order valence-electron chi connectivity index (χ4n) is 4.82. The molecule has 0 aromatic heterocycles. The van der Waals surface area contributed by atoms with Gasteiger partial charge in [-0.2, -0.15) is 0 Å². The zero-order valence-electron chi connectivity index (χ0n) is 21.0. The van der Waals surface area contributed by atoms with Gasteiger partial charge < -0.3 is 0 Å². The summed E-state index contributed by atoms with van der Waals surface area (Å²) >= 11 is 0. The quantitative estimate of drug-likeness (QED) is 0.132. The topological polar surface area (TPSA) is 0 Å². The van der Waals surface area contributed by atoms with Crippen LogP contribution < -0.4 is 0 Å². The molecule has 0 saturated heterocycles. The summed E-state index contributed by atoms with van der Waals surface area (Å²) in [6, 6.07) is 0. The van der Waals surface area contributed by atoms with Crippen LogP contribution in [0.1, 0.15) is 174 Å².